The average molecular weight is 508 g/mol. The number of amides is 1. The summed E-state index contributed by atoms with van der Waals surface area (Å²) in [5, 5.41) is 2.12. The highest BCUT2D eigenvalue weighted by Crippen LogP contribution is 2.40. The molecule has 0 radical (unpaired) electrons. The number of carbonyl (C=O) groups is 2. The van der Waals surface area contributed by atoms with Crippen LogP contribution in [0.15, 0.2) is 60.9 Å². The van der Waals surface area contributed by atoms with E-state index in [1.807, 2.05) is 17.2 Å². The molecule has 0 atom stereocenters. The molecule has 0 bridgehead atoms. The number of aromatic nitrogens is 2. The van der Waals surface area contributed by atoms with Crippen LogP contribution in [-0.2, 0) is 27.4 Å². The second-order valence-electron chi connectivity index (χ2n) is 9.99. The minimum absolute atomic E-state index is 0.0934. The van der Waals surface area contributed by atoms with E-state index >= 15 is 0 Å². The normalized spacial score (nSPS) is 15.5. The second kappa shape index (κ2) is 9.99. The molecule has 38 heavy (non-hydrogen) atoms. The van der Waals surface area contributed by atoms with E-state index in [-0.39, 0.29) is 11.6 Å². The largest absolute Gasteiger partial charge is 0.464 e. The molecule has 2 aliphatic heterocycles. The molecular formula is C31H29N3O4. The standard InChI is InChI=1S/C31H29N3O4/c1-19(35)34-17-24-12-23(20-8-10-38-11-9-20)13-26(28(24)18-34)25-5-3-4-21-14-30(33-16-27(21)25)22-6-7-29(32-15-22)31(36)37-2/h3-7,12-16,20H,8-11,17-18H2,1-2H3. The molecule has 2 aliphatic rings. The van der Waals surface area contributed by atoms with Crippen LogP contribution in [0.25, 0.3) is 33.2 Å². The number of fused-ring (bicyclic) bond motifs is 2. The highest BCUT2D eigenvalue weighted by atomic mass is 16.5. The number of ether oxygens (including phenoxy) is 2. The Bertz CT molecular complexity index is 1540. The monoisotopic (exact) mass is 507 g/mol. The van der Waals surface area contributed by atoms with Gasteiger partial charge in [0.15, 0.2) is 0 Å². The van der Waals surface area contributed by atoms with Crippen LogP contribution in [0.1, 0.15) is 52.9 Å². The van der Waals surface area contributed by atoms with Crippen LogP contribution in [0.5, 0.6) is 0 Å². The number of nitrogens with zero attached hydrogens (tertiary/aromatic N) is 3. The molecule has 0 N–H and O–H groups in total. The van der Waals surface area contributed by atoms with Crippen molar-refractivity contribution >= 4 is 22.6 Å². The lowest BCUT2D eigenvalue weighted by Crippen LogP contribution is -2.21. The molecule has 1 fully saturated rings. The number of hydrogen-bond donors (Lipinski definition) is 0. The Labute approximate surface area is 221 Å². The van der Waals surface area contributed by atoms with Crippen molar-refractivity contribution < 1.29 is 19.1 Å². The number of methoxy groups -OCH3 is 1. The van der Waals surface area contributed by atoms with Crippen LogP contribution in [0, 0.1) is 0 Å². The summed E-state index contributed by atoms with van der Waals surface area (Å²) in [4.78, 5) is 34.9. The fourth-order valence-corrected chi connectivity index (χ4v) is 5.60. The van der Waals surface area contributed by atoms with Gasteiger partial charge in [-0.25, -0.2) is 9.78 Å². The third-order valence-electron chi connectivity index (χ3n) is 7.72. The van der Waals surface area contributed by atoms with Gasteiger partial charge in [0.05, 0.1) is 12.8 Å². The van der Waals surface area contributed by atoms with Gasteiger partial charge in [0.1, 0.15) is 5.69 Å². The van der Waals surface area contributed by atoms with Crippen molar-refractivity contribution in [2.24, 2.45) is 0 Å². The predicted molar refractivity (Wildman–Crippen MR) is 144 cm³/mol. The number of pyridine rings is 2. The van der Waals surface area contributed by atoms with E-state index in [4.69, 9.17) is 14.5 Å². The highest BCUT2D eigenvalue weighted by Gasteiger charge is 2.27. The Morgan fingerprint density at radius 3 is 2.55 bits per heavy atom. The lowest BCUT2D eigenvalue weighted by atomic mass is 9.85. The summed E-state index contributed by atoms with van der Waals surface area (Å²) < 4.78 is 10.4. The van der Waals surface area contributed by atoms with Gasteiger partial charge in [0, 0.05) is 56.6 Å². The van der Waals surface area contributed by atoms with Crippen LogP contribution in [0.3, 0.4) is 0 Å². The Balaban J connectivity index is 1.43. The summed E-state index contributed by atoms with van der Waals surface area (Å²) in [6.45, 7) is 4.48. The first-order chi connectivity index (χ1) is 18.5. The number of rotatable bonds is 4. The Morgan fingerprint density at radius 2 is 1.82 bits per heavy atom. The van der Waals surface area contributed by atoms with Gasteiger partial charge in [-0.1, -0.05) is 30.3 Å². The lowest BCUT2D eigenvalue weighted by molar-refractivity contribution is -0.129. The molecule has 6 rings (SSSR count). The van der Waals surface area contributed by atoms with Gasteiger partial charge in [-0.2, -0.15) is 0 Å². The van der Waals surface area contributed by atoms with E-state index in [9.17, 15) is 9.59 Å². The van der Waals surface area contributed by atoms with Gasteiger partial charge >= 0.3 is 5.97 Å². The molecular weight excluding hydrogens is 478 g/mol. The zero-order chi connectivity index (χ0) is 26.2. The van der Waals surface area contributed by atoms with Gasteiger partial charge in [-0.3, -0.25) is 9.78 Å². The van der Waals surface area contributed by atoms with Gasteiger partial charge in [0.2, 0.25) is 5.91 Å². The Hall–Kier alpha value is -4.10. The summed E-state index contributed by atoms with van der Waals surface area (Å²) in [6.07, 6.45) is 5.58. The Kier molecular flexibility index (Phi) is 6.37. The molecule has 0 unspecified atom stereocenters. The third kappa shape index (κ3) is 4.43. The maximum Gasteiger partial charge on any atom is 0.356 e. The SMILES string of the molecule is COC(=O)c1ccc(-c2cc3cccc(-c4cc(C5CCOCC5)cc5c4CN(C(C)=O)C5)c3cn2)cn1. The topological polar surface area (TPSA) is 81.6 Å². The lowest BCUT2D eigenvalue weighted by Gasteiger charge is -2.24. The smallest absolute Gasteiger partial charge is 0.356 e. The predicted octanol–water partition coefficient (Wildman–Crippen LogP) is 5.51. The summed E-state index contributed by atoms with van der Waals surface area (Å²) >= 11 is 0. The molecule has 0 saturated carbocycles. The molecule has 2 aromatic carbocycles. The van der Waals surface area contributed by atoms with Gasteiger partial charge < -0.3 is 14.4 Å². The molecule has 1 saturated heterocycles. The van der Waals surface area contributed by atoms with Crippen molar-refractivity contribution in [1.29, 1.82) is 0 Å². The quantitative estimate of drug-likeness (QED) is 0.339. The summed E-state index contributed by atoms with van der Waals surface area (Å²) in [6, 6.07) is 16.5. The molecule has 2 aromatic heterocycles. The first-order valence-electron chi connectivity index (χ1n) is 12.9. The molecule has 0 aliphatic carbocycles. The fraction of sp³-hybridized carbons (Fsp3) is 0.290. The van der Waals surface area contributed by atoms with Crippen LogP contribution in [-0.4, -0.2) is 47.1 Å². The van der Waals surface area contributed by atoms with Gasteiger partial charge in [-0.15, -0.1) is 0 Å². The van der Waals surface area contributed by atoms with E-state index in [0.717, 1.165) is 53.6 Å². The second-order valence-corrected chi connectivity index (χ2v) is 9.99. The van der Waals surface area contributed by atoms with E-state index in [0.29, 0.717) is 19.0 Å². The first kappa shape index (κ1) is 24.2. The van der Waals surface area contributed by atoms with E-state index in [1.165, 1.54) is 29.4 Å². The molecule has 4 aromatic rings. The molecule has 7 heteroatoms. The van der Waals surface area contributed by atoms with Crippen molar-refractivity contribution in [3.63, 3.8) is 0 Å². The van der Waals surface area contributed by atoms with Gasteiger partial charge in [-0.05, 0) is 70.2 Å². The third-order valence-corrected chi connectivity index (χ3v) is 7.72. The van der Waals surface area contributed by atoms with E-state index in [1.54, 1.807) is 19.2 Å². The number of carbonyl (C=O) groups excluding carboxylic acids is 2. The number of esters is 1. The van der Waals surface area contributed by atoms with E-state index in [2.05, 4.69) is 41.4 Å². The maximum absolute atomic E-state index is 12.3. The number of hydrogen-bond acceptors (Lipinski definition) is 6. The summed E-state index contributed by atoms with van der Waals surface area (Å²) in [7, 11) is 1.34. The molecule has 4 heterocycles. The summed E-state index contributed by atoms with van der Waals surface area (Å²) in [5.74, 6) is 0.0849. The van der Waals surface area contributed by atoms with Crippen LogP contribution in [0.2, 0.25) is 0 Å². The number of benzene rings is 2. The van der Waals surface area contributed by atoms with Crippen molar-refractivity contribution in [2.45, 2.75) is 38.8 Å². The zero-order valence-electron chi connectivity index (χ0n) is 21.6. The van der Waals surface area contributed by atoms with Crippen LogP contribution < -0.4 is 0 Å². The van der Waals surface area contributed by atoms with Crippen molar-refractivity contribution in [2.75, 3.05) is 20.3 Å². The molecule has 1 amide bonds. The van der Waals surface area contributed by atoms with Crippen molar-refractivity contribution in [3.8, 4) is 22.4 Å². The van der Waals surface area contributed by atoms with Crippen molar-refractivity contribution in [3.05, 3.63) is 83.3 Å². The fourth-order valence-electron chi connectivity index (χ4n) is 5.60. The minimum Gasteiger partial charge on any atom is -0.464 e. The average Bonchev–Trinajstić information content (AvgIpc) is 3.41. The van der Waals surface area contributed by atoms with Crippen LogP contribution >= 0.6 is 0 Å². The molecule has 7 nitrogen and oxygen atoms in total. The van der Waals surface area contributed by atoms with Crippen molar-refractivity contribution in [1.82, 2.24) is 14.9 Å². The Morgan fingerprint density at radius 1 is 0.974 bits per heavy atom. The minimum atomic E-state index is -0.466. The highest BCUT2D eigenvalue weighted by molar-refractivity contribution is 5.98. The zero-order valence-corrected chi connectivity index (χ0v) is 21.6. The maximum atomic E-state index is 12.3. The summed E-state index contributed by atoms with van der Waals surface area (Å²) in [5.41, 5.74) is 7.94. The van der Waals surface area contributed by atoms with Gasteiger partial charge in [0.25, 0.3) is 0 Å². The molecule has 0 spiro atoms. The first-order valence-corrected chi connectivity index (χ1v) is 12.9. The van der Waals surface area contributed by atoms with E-state index < -0.39 is 5.97 Å². The van der Waals surface area contributed by atoms with Crippen LogP contribution in [0.4, 0.5) is 0 Å². The molecule has 192 valence electrons.